The molecule has 0 saturated heterocycles. The maximum atomic E-state index is 5.53. The van der Waals surface area contributed by atoms with Gasteiger partial charge in [-0.3, -0.25) is 0 Å². The lowest BCUT2D eigenvalue weighted by atomic mass is 9.93. The lowest BCUT2D eigenvalue weighted by molar-refractivity contribution is 1.02. The van der Waals surface area contributed by atoms with Crippen LogP contribution < -0.4 is 0 Å². The molecule has 7 aromatic rings. The SMILES string of the molecule is C1=CC(c2nc(-c3ccccc3)c(-c3cccc(-c4ccccc4-c4nc(-c5ccccc5)nc(-c5ccccc5)n4)c3)nc2C2=CCCC=C2)=CCC1. The van der Waals surface area contributed by atoms with Gasteiger partial charge in [-0.1, -0.05) is 170 Å². The van der Waals surface area contributed by atoms with Gasteiger partial charge in [0.2, 0.25) is 0 Å². The van der Waals surface area contributed by atoms with E-state index in [9.17, 15) is 0 Å². The fourth-order valence-corrected chi connectivity index (χ4v) is 7.11. The van der Waals surface area contributed by atoms with Gasteiger partial charge < -0.3 is 0 Å². The van der Waals surface area contributed by atoms with Gasteiger partial charge in [-0.2, -0.15) is 0 Å². The van der Waals surface area contributed by atoms with Crippen molar-refractivity contribution in [2.75, 3.05) is 0 Å². The summed E-state index contributed by atoms with van der Waals surface area (Å²) in [6, 6.07) is 47.6. The van der Waals surface area contributed by atoms with E-state index in [2.05, 4.69) is 103 Å². The van der Waals surface area contributed by atoms with E-state index in [1.54, 1.807) is 0 Å². The molecule has 5 nitrogen and oxygen atoms in total. The predicted octanol–water partition coefficient (Wildman–Crippen LogP) is 12.1. The van der Waals surface area contributed by atoms with Crippen LogP contribution in [0.3, 0.4) is 0 Å². The predicted molar refractivity (Wildman–Crippen MR) is 221 cm³/mol. The molecule has 2 aromatic heterocycles. The van der Waals surface area contributed by atoms with Crippen molar-refractivity contribution in [3.05, 3.63) is 187 Å². The molecule has 5 heteroatoms. The first-order chi connectivity index (χ1) is 26.8. The molecular formula is C49H37N5. The third-order valence-corrected chi connectivity index (χ3v) is 9.79. The molecule has 5 aromatic carbocycles. The van der Waals surface area contributed by atoms with E-state index in [-0.39, 0.29) is 0 Å². The van der Waals surface area contributed by atoms with Crippen LogP contribution in [0.1, 0.15) is 37.1 Å². The molecule has 0 amide bonds. The van der Waals surface area contributed by atoms with Crippen LogP contribution in [0.25, 0.3) is 79.0 Å². The second-order valence-corrected chi connectivity index (χ2v) is 13.4. The largest absolute Gasteiger partial charge is 0.243 e. The molecule has 54 heavy (non-hydrogen) atoms. The smallest absolute Gasteiger partial charge is 0.164 e. The minimum Gasteiger partial charge on any atom is -0.243 e. The summed E-state index contributed by atoms with van der Waals surface area (Å²) in [6.45, 7) is 0. The number of benzene rings is 5. The van der Waals surface area contributed by atoms with Crippen LogP contribution in [0.2, 0.25) is 0 Å². The Kier molecular flexibility index (Phi) is 9.18. The molecule has 0 N–H and O–H groups in total. The summed E-state index contributed by atoms with van der Waals surface area (Å²) in [4.78, 5) is 26.1. The Bertz CT molecular complexity index is 2530. The molecule has 2 heterocycles. The second-order valence-electron chi connectivity index (χ2n) is 13.4. The second kappa shape index (κ2) is 15.0. The summed E-state index contributed by atoms with van der Waals surface area (Å²) in [6.07, 6.45) is 17.5. The molecular weight excluding hydrogens is 659 g/mol. The van der Waals surface area contributed by atoms with Crippen molar-refractivity contribution in [1.29, 1.82) is 0 Å². The average Bonchev–Trinajstić information content (AvgIpc) is 3.27. The molecule has 0 saturated carbocycles. The molecule has 0 bridgehead atoms. The van der Waals surface area contributed by atoms with Gasteiger partial charge in [0.1, 0.15) is 0 Å². The number of hydrogen-bond acceptors (Lipinski definition) is 5. The molecule has 0 radical (unpaired) electrons. The Labute approximate surface area is 315 Å². The zero-order valence-electron chi connectivity index (χ0n) is 29.8. The fourth-order valence-electron chi connectivity index (χ4n) is 7.11. The molecule has 258 valence electrons. The van der Waals surface area contributed by atoms with Gasteiger partial charge in [-0.15, -0.1) is 0 Å². The first-order valence-electron chi connectivity index (χ1n) is 18.6. The van der Waals surface area contributed by atoms with E-state index in [4.69, 9.17) is 24.9 Å². The zero-order valence-corrected chi connectivity index (χ0v) is 29.8. The topological polar surface area (TPSA) is 64.5 Å². The molecule has 0 unspecified atom stereocenters. The Morgan fingerprint density at radius 2 is 0.759 bits per heavy atom. The molecule has 2 aliphatic rings. The van der Waals surface area contributed by atoms with Crippen LogP contribution in [0.5, 0.6) is 0 Å². The van der Waals surface area contributed by atoms with Crippen molar-refractivity contribution in [3.8, 4) is 67.8 Å². The summed E-state index contributed by atoms with van der Waals surface area (Å²) in [5.41, 5.74) is 12.6. The van der Waals surface area contributed by atoms with Crippen LogP contribution in [0, 0.1) is 0 Å². The van der Waals surface area contributed by atoms with Gasteiger partial charge in [0.05, 0.1) is 22.8 Å². The average molecular weight is 696 g/mol. The highest BCUT2D eigenvalue weighted by Crippen LogP contribution is 2.39. The highest BCUT2D eigenvalue weighted by molar-refractivity contribution is 5.90. The van der Waals surface area contributed by atoms with Gasteiger partial charge in [0.25, 0.3) is 0 Å². The lowest BCUT2D eigenvalue weighted by Crippen LogP contribution is -2.06. The number of aromatic nitrogens is 5. The van der Waals surface area contributed by atoms with E-state index in [0.29, 0.717) is 17.5 Å². The van der Waals surface area contributed by atoms with Crippen molar-refractivity contribution in [2.24, 2.45) is 0 Å². The van der Waals surface area contributed by atoms with Crippen molar-refractivity contribution in [2.45, 2.75) is 25.7 Å². The van der Waals surface area contributed by atoms with Crippen LogP contribution in [0.15, 0.2) is 176 Å². The molecule has 0 aliphatic heterocycles. The zero-order chi connectivity index (χ0) is 36.1. The van der Waals surface area contributed by atoms with Gasteiger partial charge in [0, 0.05) is 27.8 Å². The molecule has 0 spiro atoms. The summed E-state index contributed by atoms with van der Waals surface area (Å²) >= 11 is 0. The van der Waals surface area contributed by atoms with Gasteiger partial charge in [0.15, 0.2) is 17.5 Å². The lowest BCUT2D eigenvalue weighted by Gasteiger charge is -2.19. The third-order valence-electron chi connectivity index (χ3n) is 9.79. The van der Waals surface area contributed by atoms with Crippen LogP contribution >= 0.6 is 0 Å². The highest BCUT2D eigenvalue weighted by Gasteiger charge is 2.22. The molecule has 0 atom stereocenters. The van der Waals surface area contributed by atoms with Crippen molar-refractivity contribution in [3.63, 3.8) is 0 Å². The van der Waals surface area contributed by atoms with Gasteiger partial charge in [-0.05, 0) is 54.0 Å². The first kappa shape index (κ1) is 33.0. The Morgan fingerprint density at radius 3 is 1.30 bits per heavy atom. The maximum absolute atomic E-state index is 5.53. The number of nitrogens with zero attached hydrogens (tertiary/aromatic N) is 5. The van der Waals surface area contributed by atoms with E-state index in [0.717, 1.165) is 98.5 Å². The van der Waals surface area contributed by atoms with Crippen LogP contribution in [-0.4, -0.2) is 24.9 Å². The minimum atomic E-state index is 0.616. The summed E-state index contributed by atoms with van der Waals surface area (Å²) in [5, 5.41) is 0. The van der Waals surface area contributed by atoms with Gasteiger partial charge in [-0.25, -0.2) is 24.9 Å². The fraction of sp³-hybridized carbons (Fsp3) is 0.0816. The molecule has 9 rings (SSSR count). The number of rotatable bonds is 8. The Balaban J connectivity index is 1.22. The van der Waals surface area contributed by atoms with E-state index < -0.39 is 0 Å². The Morgan fingerprint density at radius 1 is 0.315 bits per heavy atom. The molecule has 2 aliphatic carbocycles. The van der Waals surface area contributed by atoms with Crippen molar-refractivity contribution < 1.29 is 0 Å². The maximum Gasteiger partial charge on any atom is 0.164 e. The standard InChI is InChI=1S/C49H37N5/c1-6-19-34(20-7-1)43-44(35-21-8-2-9-22-35)51-46(45(50-43)36-23-10-3-11-24-36)40-30-18-29-39(33-40)41-31-16-17-32-42(41)49-53-47(37-25-12-4-13-26-37)52-48(54-49)38-27-14-5-15-28-38/h3-6,8,10-33H,1-2,7,9H2. The van der Waals surface area contributed by atoms with E-state index in [1.807, 2.05) is 72.8 Å². The summed E-state index contributed by atoms with van der Waals surface area (Å²) in [7, 11) is 0. The van der Waals surface area contributed by atoms with Crippen molar-refractivity contribution in [1.82, 2.24) is 24.9 Å². The summed E-state index contributed by atoms with van der Waals surface area (Å²) in [5.74, 6) is 1.88. The first-order valence-corrected chi connectivity index (χ1v) is 18.6. The number of hydrogen-bond donors (Lipinski definition) is 0. The molecule has 0 fully saturated rings. The van der Waals surface area contributed by atoms with Gasteiger partial charge >= 0.3 is 0 Å². The minimum absolute atomic E-state index is 0.616. The van der Waals surface area contributed by atoms with E-state index >= 15 is 0 Å². The van der Waals surface area contributed by atoms with E-state index in [1.165, 1.54) is 0 Å². The number of allylic oxidation sites excluding steroid dienone is 8. The summed E-state index contributed by atoms with van der Waals surface area (Å²) < 4.78 is 0. The Hall–Kier alpha value is -6.85. The monoisotopic (exact) mass is 695 g/mol. The van der Waals surface area contributed by atoms with Crippen LogP contribution in [0.4, 0.5) is 0 Å². The third kappa shape index (κ3) is 6.75. The normalized spacial score (nSPS) is 13.7. The quantitative estimate of drug-likeness (QED) is 0.158. The van der Waals surface area contributed by atoms with Crippen molar-refractivity contribution >= 4 is 11.1 Å². The highest BCUT2D eigenvalue weighted by atomic mass is 15.0. The van der Waals surface area contributed by atoms with Crippen LogP contribution in [-0.2, 0) is 0 Å².